The van der Waals surface area contributed by atoms with Crippen LogP contribution in [0, 0.1) is 6.92 Å². The van der Waals surface area contributed by atoms with E-state index in [-0.39, 0.29) is 12.6 Å². The van der Waals surface area contributed by atoms with Crippen molar-refractivity contribution in [1.82, 2.24) is 9.97 Å². The molecule has 0 amide bonds. The fourth-order valence-electron chi connectivity index (χ4n) is 1.49. The first-order valence-corrected chi connectivity index (χ1v) is 5.42. The van der Waals surface area contributed by atoms with E-state index >= 15 is 0 Å². The maximum absolute atomic E-state index is 8.74. The molecule has 1 atom stereocenters. The van der Waals surface area contributed by atoms with Crippen molar-refractivity contribution in [3.05, 3.63) is 11.9 Å². The lowest BCUT2D eigenvalue weighted by atomic mass is 10.2. The van der Waals surface area contributed by atoms with E-state index in [1.165, 1.54) is 6.33 Å². The van der Waals surface area contributed by atoms with Crippen molar-refractivity contribution in [3.8, 4) is 5.88 Å². The molecule has 5 heteroatoms. The lowest BCUT2D eigenvalue weighted by Gasteiger charge is -2.16. The topological polar surface area (TPSA) is 67.3 Å². The molecule has 1 aromatic rings. The molecule has 0 fully saturated rings. The third-order valence-electron chi connectivity index (χ3n) is 2.41. The Hall–Kier alpha value is -1.36. The van der Waals surface area contributed by atoms with Gasteiger partial charge in [-0.2, -0.15) is 0 Å². The highest BCUT2D eigenvalue weighted by Crippen LogP contribution is 2.20. The fraction of sp³-hybridized carbons (Fsp3) is 0.636. The molecule has 0 saturated heterocycles. The van der Waals surface area contributed by atoms with Crippen LogP contribution in [-0.4, -0.2) is 34.8 Å². The summed E-state index contributed by atoms with van der Waals surface area (Å²) in [7, 11) is 1.59. The number of nitrogens with one attached hydrogen (secondary N) is 1. The number of methoxy groups -OCH3 is 1. The minimum Gasteiger partial charge on any atom is -0.481 e. The van der Waals surface area contributed by atoms with E-state index in [1.807, 2.05) is 6.92 Å². The standard InChI is InChI=1S/C11H19N3O2/c1-8(5-4-6-15)14-10-9(2)11(16-3)13-7-12-10/h7-8,15H,4-6H2,1-3H3,(H,12,13,14). The van der Waals surface area contributed by atoms with Crippen LogP contribution in [0.15, 0.2) is 6.33 Å². The van der Waals surface area contributed by atoms with Gasteiger partial charge in [-0.05, 0) is 26.7 Å². The van der Waals surface area contributed by atoms with E-state index in [0.717, 1.165) is 24.2 Å². The number of nitrogens with zero attached hydrogens (tertiary/aromatic N) is 2. The van der Waals surface area contributed by atoms with Crippen LogP contribution in [0.3, 0.4) is 0 Å². The Morgan fingerprint density at radius 2 is 2.25 bits per heavy atom. The average molecular weight is 225 g/mol. The van der Waals surface area contributed by atoms with Crippen LogP contribution < -0.4 is 10.1 Å². The zero-order chi connectivity index (χ0) is 12.0. The number of anilines is 1. The highest BCUT2D eigenvalue weighted by molar-refractivity contribution is 5.48. The van der Waals surface area contributed by atoms with Gasteiger partial charge < -0.3 is 15.2 Å². The number of hydrogen-bond donors (Lipinski definition) is 2. The van der Waals surface area contributed by atoms with Crippen LogP contribution in [0.5, 0.6) is 5.88 Å². The molecule has 0 aliphatic carbocycles. The van der Waals surface area contributed by atoms with Gasteiger partial charge in [-0.25, -0.2) is 9.97 Å². The molecule has 0 spiro atoms. The van der Waals surface area contributed by atoms with E-state index in [4.69, 9.17) is 9.84 Å². The minimum absolute atomic E-state index is 0.220. The van der Waals surface area contributed by atoms with E-state index in [9.17, 15) is 0 Å². The summed E-state index contributed by atoms with van der Waals surface area (Å²) < 4.78 is 5.12. The normalized spacial score (nSPS) is 12.2. The summed E-state index contributed by atoms with van der Waals surface area (Å²) in [6, 6.07) is 0.269. The van der Waals surface area contributed by atoms with Gasteiger partial charge in [0.1, 0.15) is 12.1 Å². The zero-order valence-electron chi connectivity index (χ0n) is 10.0. The lowest BCUT2D eigenvalue weighted by Crippen LogP contribution is -2.17. The van der Waals surface area contributed by atoms with Crippen molar-refractivity contribution < 1.29 is 9.84 Å². The first kappa shape index (κ1) is 12.7. The number of ether oxygens (including phenoxy) is 1. The van der Waals surface area contributed by atoms with Gasteiger partial charge >= 0.3 is 0 Å². The first-order valence-electron chi connectivity index (χ1n) is 5.42. The number of aromatic nitrogens is 2. The highest BCUT2D eigenvalue weighted by atomic mass is 16.5. The second kappa shape index (κ2) is 6.27. The molecule has 2 N–H and O–H groups in total. The Morgan fingerprint density at radius 1 is 1.50 bits per heavy atom. The predicted molar refractivity (Wildman–Crippen MR) is 62.7 cm³/mol. The lowest BCUT2D eigenvalue weighted by molar-refractivity contribution is 0.282. The Kier molecular flexibility index (Phi) is 4.98. The van der Waals surface area contributed by atoms with Gasteiger partial charge in [0.05, 0.1) is 12.7 Å². The monoisotopic (exact) mass is 225 g/mol. The predicted octanol–water partition coefficient (Wildman–Crippen LogP) is 1.37. The van der Waals surface area contributed by atoms with Crippen LogP contribution >= 0.6 is 0 Å². The maximum Gasteiger partial charge on any atom is 0.221 e. The largest absolute Gasteiger partial charge is 0.481 e. The average Bonchev–Trinajstić information content (AvgIpc) is 2.29. The first-order chi connectivity index (χ1) is 7.69. The highest BCUT2D eigenvalue weighted by Gasteiger charge is 2.09. The van der Waals surface area contributed by atoms with Crippen molar-refractivity contribution in [2.45, 2.75) is 32.7 Å². The molecule has 0 radical (unpaired) electrons. The maximum atomic E-state index is 8.74. The van der Waals surface area contributed by atoms with Crippen LogP contribution in [0.2, 0.25) is 0 Å². The number of aliphatic hydroxyl groups is 1. The molecule has 1 aromatic heterocycles. The molecule has 0 bridgehead atoms. The van der Waals surface area contributed by atoms with E-state index in [2.05, 4.69) is 22.2 Å². The summed E-state index contributed by atoms with van der Waals surface area (Å²) in [5.41, 5.74) is 0.904. The summed E-state index contributed by atoms with van der Waals surface area (Å²) in [5.74, 6) is 1.38. The summed E-state index contributed by atoms with van der Waals surface area (Å²) in [6.07, 6.45) is 3.17. The van der Waals surface area contributed by atoms with Crippen molar-refractivity contribution in [3.63, 3.8) is 0 Å². The van der Waals surface area contributed by atoms with Crippen molar-refractivity contribution in [1.29, 1.82) is 0 Å². The van der Waals surface area contributed by atoms with Crippen molar-refractivity contribution in [2.75, 3.05) is 19.0 Å². The molecule has 0 aliphatic rings. The van der Waals surface area contributed by atoms with Crippen LogP contribution in [0.4, 0.5) is 5.82 Å². The second-order valence-corrected chi connectivity index (χ2v) is 3.77. The summed E-state index contributed by atoms with van der Waals surface area (Å²) in [6.45, 7) is 4.20. The Balaban J connectivity index is 2.66. The molecule has 1 rings (SSSR count). The second-order valence-electron chi connectivity index (χ2n) is 3.77. The summed E-state index contributed by atoms with van der Waals surface area (Å²) >= 11 is 0. The van der Waals surface area contributed by atoms with Gasteiger partial charge in [-0.3, -0.25) is 0 Å². The Morgan fingerprint density at radius 3 is 2.88 bits per heavy atom. The third kappa shape index (κ3) is 3.34. The zero-order valence-corrected chi connectivity index (χ0v) is 10.0. The number of hydrogen-bond acceptors (Lipinski definition) is 5. The van der Waals surface area contributed by atoms with Gasteiger partial charge in [-0.15, -0.1) is 0 Å². The molecular formula is C11H19N3O2. The van der Waals surface area contributed by atoms with Crippen molar-refractivity contribution >= 4 is 5.82 Å². The van der Waals surface area contributed by atoms with Crippen molar-refractivity contribution in [2.24, 2.45) is 0 Å². The van der Waals surface area contributed by atoms with Gasteiger partial charge in [-0.1, -0.05) is 0 Å². The van der Waals surface area contributed by atoms with Gasteiger partial charge in [0.2, 0.25) is 5.88 Å². The molecule has 0 aromatic carbocycles. The molecule has 90 valence electrons. The molecule has 5 nitrogen and oxygen atoms in total. The van der Waals surface area contributed by atoms with E-state index in [1.54, 1.807) is 7.11 Å². The number of aliphatic hydroxyl groups excluding tert-OH is 1. The molecule has 1 heterocycles. The van der Waals surface area contributed by atoms with E-state index < -0.39 is 0 Å². The Labute approximate surface area is 95.9 Å². The molecule has 0 aliphatic heterocycles. The third-order valence-corrected chi connectivity index (χ3v) is 2.41. The van der Waals surface area contributed by atoms with Crippen LogP contribution in [0.1, 0.15) is 25.3 Å². The summed E-state index contributed by atoms with van der Waals surface area (Å²) in [4.78, 5) is 8.18. The molecule has 0 saturated carbocycles. The molecular weight excluding hydrogens is 206 g/mol. The van der Waals surface area contributed by atoms with Crippen LogP contribution in [0.25, 0.3) is 0 Å². The SMILES string of the molecule is COc1ncnc(NC(C)CCCO)c1C. The van der Waals surface area contributed by atoms with Gasteiger partial charge in [0.25, 0.3) is 0 Å². The quantitative estimate of drug-likeness (QED) is 0.765. The van der Waals surface area contributed by atoms with Gasteiger partial charge in [0, 0.05) is 12.6 Å². The minimum atomic E-state index is 0.220. The van der Waals surface area contributed by atoms with Gasteiger partial charge in [0.15, 0.2) is 0 Å². The summed E-state index contributed by atoms with van der Waals surface area (Å²) in [5, 5.41) is 12.0. The Bertz CT molecular complexity index is 331. The smallest absolute Gasteiger partial charge is 0.221 e. The van der Waals surface area contributed by atoms with E-state index in [0.29, 0.717) is 5.88 Å². The number of rotatable bonds is 6. The molecule has 16 heavy (non-hydrogen) atoms. The van der Waals surface area contributed by atoms with Crippen LogP contribution in [-0.2, 0) is 0 Å². The fourth-order valence-corrected chi connectivity index (χ4v) is 1.49. The molecule has 1 unspecified atom stereocenters.